The van der Waals surface area contributed by atoms with E-state index in [1.54, 1.807) is 22.4 Å². The molecule has 3 aromatic carbocycles. The molecule has 8 aliphatic rings. The fourth-order valence-corrected chi connectivity index (χ4v) is 15.4. The summed E-state index contributed by atoms with van der Waals surface area (Å²) in [5, 5.41) is 8.52. The van der Waals surface area contributed by atoms with Crippen molar-refractivity contribution in [2.75, 3.05) is 7.05 Å². The molecule has 0 saturated heterocycles. The number of amidine groups is 1. The van der Waals surface area contributed by atoms with Gasteiger partial charge in [0.25, 0.3) is 0 Å². The zero-order chi connectivity index (χ0) is 45.1. The summed E-state index contributed by atoms with van der Waals surface area (Å²) in [6, 6.07) is 24.1. The Hall–Kier alpha value is -5.23. The van der Waals surface area contributed by atoms with Crippen LogP contribution >= 0.6 is 11.3 Å². The molecule has 4 nitrogen and oxygen atoms in total. The summed E-state index contributed by atoms with van der Waals surface area (Å²) in [4.78, 5) is 8.21. The van der Waals surface area contributed by atoms with Gasteiger partial charge in [-0.25, -0.2) is 4.99 Å². The van der Waals surface area contributed by atoms with Crippen molar-refractivity contribution in [3.8, 4) is 0 Å². The van der Waals surface area contributed by atoms with Crippen LogP contribution in [0.15, 0.2) is 155 Å². The van der Waals surface area contributed by atoms with Crippen LogP contribution in [-0.4, -0.2) is 28.5 Å². The number of hydrogen-bond acceptors (Lipinski definition) is 4. The smallest absolute Gasteiger partial charge is 0.129 e. The van der Waals surface area contributed by atoms with E-state index in [0.29, 0.717) is 35.6 Å². The minimum atomic E-state index is -0.0822. The highest BCUT2D eigenvalue weighted by atomic mass is 32.1. The Balaban J connectivity index is 0.931. The van der Waals surface area contributed by atoms with Gasteiger partial charge in [-0.15, -0.1) is 11.3 Å². The number of rotatable bonds is 8. The van der Waals surface area contributed by atoms with Gasteiger partial charge in [0.05, 0.1) is 11.6 Å². The van der Waals surface area contributed by atoms with Crippen LogP contribution in [-0.2, 0) is 12.8 Å². The van der Waals surface area contributed by atoms with E-state index in [-0.39, 0.29) is 12.3 Å². The maximum absolute atomic E-state index is 5.63. The number of aromatic nitrogens is 1. The van der Waals surface area contributed by atoms with Gasteiger partial charge < -0.3 is 9.47 Å². The minimum Gasteiger partial charge on any atom is -0.344 e. The number of aliphatic imine (C=N–C) groups is 1. The summed E-state index contributed by atoms with van der Waals surface area (Å²) in [6.07, 6.45) is 50.3. The first-order chi connectivity index (χ1) is 33.6. The topological polar surface area (TPSA) is 32.6 Å². The second-order valence-corrected chi connectivity index (χ2v) is 22.7. The summed E-state index contributed by atoms with van der Waals surface area (Å²) < 4.78 is 5.49. The lowest BCUT2D eigenvalue weighted by atomic mass is 9.65. The first kappa shape index (κ1) is 42.8. The van der Waals surface area contributed by atoms with Crippen LogP contribution in [0.4, 0.5) is 0 Å². The number of allylic oxidation sites excluding steroid dienone is 15. The molecule has 0 radical (unpaired) electrons. The highest BCUT2D eigenvalue weighted by Gasteiger charge is 2.39. The highest BCUT2D eigenvalue weighted by Crippen LogP contribution is 2.49. The zero-order valence-electron chi connectivity index (χ0n) is 40.1. The van der Waals surface area contributed by atoms with Gasteiger partial charge in [0.2, 0.25) is 0 Å². The average Bonchev–Trinajstić information content (AvgIpc) is 4.11. The molecule has 7 unspecified atom stereocenters. The summed E-state index contributed by atoms with van der Waals surface area (Å²) in [5.74, 6) is 4.10. The second kappa shape index (κ2) is 18.3. The van der Waals surface area contributed by atoms with Crippen LogP contribution in [0.25, 0.3) is 36.6 Å². The number of benzene rings is 3. The molecular weight excluding hydrogens is 845 g/mol. The standard InChI is InChI=1S/C63H68N4S/c1-66-62(44-24-13-5-14-25-44)64-61(43-22-11-4-12-23-43)65-63(66)56-37-46(45-30-33-49(41-18-7-2-8-19-41)52(36-45)42-20-9-3-10-21-42)31-34-50(56)47-32-35-59-54(38-47)55-39-53-51-28-17-29-57(51)67(48-26-15-6-16-27-48)58(53)40-60(55)68-59/h3-4,6-7,9,11-12,15-16,18,20,22-23,26,31-32,34-36,38-41,44,46,48-49,52,61,63,65H,2,5,8,10,13-14,17,19,21,24-25,27-30,33,37H2,1H3. The molecule has 0 amide bonds. The Morgan fingerprint density at radius 2 is 1.63 bits per heavy atom. The summed E-state index contributed by atoms with van der Waals surface area (Å²) in [5.41, 5.74) is 13.4. The van der Waals surface area contributed by atoms with Crippen LogP contribution in [0.5, 0.6) is 0 Å². The molecule has 1 N–H and O–H groups in total. The van der Waals surface area contributed by atoms with E-state index in [4.69, 9.17) is 4.99 Å². The van der Waals surface area contributed by atoms with E-state index in [1.807, 2.05) is 11.3 Å². The van der Waals surface area contributed by atoms with Gasteiger partial charge in [0.1, 0.15) is 18.2 Å². The molecular formula is C63H68N4S. The zero-order valence-corrected chi connectivity index (χ0v) is 40.9. The van der Waals surface area contributed by atoms with Crippen molar-refractivity contribution in [2.45, 2.75) is 128 Å². The number of fused-ring (bicyclic) bond motifs is 6. The van der Waals surface area contributed by atoms with Crippen molar-refractivity contribution >= 4 is 53.8 Å². The number of nitrogens with one attached hydrogen (secondary N) is 1. The molecule has 7 aliphatic carbocycles. The predicted molar refractivity (Wildman–Crippen MR) is 288 cm³/mol. The van der Waals surface area contributed by atoms with Gasteiger partial charge in [-0.05, 0) is 154 Å². The molecule has 2 aromatic heterocycles. The Morgan fingerprint density at radius 3 is 2.47 bits per heavy atom. The maximum atomic E-state index is 5.63. The third-order valence-corrected chi connectivity index (χ3v) is 18.8. The van der Waals surface area contributed by atoms with Gasteiger partial charge >= 0.3 is 0 Å². The molecule has 7 atom stereocenters. The van der Waals surface area contributed by atoms with Crippen molar-refractivity contribution in [1.29, 1.82) is 0 Å². The van der Waals surface area contributed by atoms with Crippen molar-refractivity contribution in [1.82, 2.24) is 14.8 Å². The van der Waals surface area contributed by atoms with Crippen molar-refractivity contribution in [3.05, 3.63) is 173 Å². The van der Waals surface area contributed by atoms with Crippen LogP contribution in [0, 0.1) is 29.6 Å². The SMILES string of the molecule is CN1C(C2CCCCC2)=NC(c2ccccc2)NC1C1=C(c2ccc3sc4cc5c(cc4c3c2)c2c(n5C3C=CC=CC3)CCC2)C=CC(C2=CC(C3=CC=CCC3)C(C3C=CCCC3)CC2)C1. The fourth-order valence-electron chi connectivity index (χ4n) is 14.3. The summed E-state index contributed by atoms with van der Waals surface area (Å²) >= 11 is 1.98. The molecule has 5 heteroatoms. The van der Waals surface area contributed by atoms with Crippen LogP contribution in [0.1, 0.15) is 131 Å². The van der Waals surface area contributed by atoms with E-state index < -0.39 is 0 Å². The summed E-state index contributed by atoms with van der Waals surface area (Å²) in [7, 11) is 2.36. The molecule has 346 valence electrons. The molecule has 68 heavy (non-hydrogen) atoms. The lowest BCUT2D eigenvalue weighted by Crippen LogP contribution is -2.55. The molecule has 3 heterocycles. The van der Waals surface area contributed by atoms with Crippen LogP contribution in [0.3, 0.4) is 0 Å². The third-order valence-electron chi connectivity index (χ3n) is 17.7. The van der Waals surface area contributed by atoms with E-state index >= 15 is 0 Å². The van der Waals surface area contributed by atoms with Gasteiger partial charge in [0.15, 0.2) is 0 Å². The molecule has 1 fully saturated rings. The monoisotopic (exact) mass is 913 g/mol. The molecule has 1 aliphatic heterocycles. The minimum absolute atomic E-state index is 0.0314. The molecule has 13 rings (SSSR count). The third kappa shape index (κ3) is 7.71. The number of likely N-dealkylation sites (N-methyl/N-ethyl adjacent to an activating group) is 1. The van der Waals surface area contributed by atoms with Gasteiger partial charge in [0, 0.05) is 56.1 Å². The molecule has 0 spiro atoms. The molecule has 5 aromatic rings. The Kier molecular flexibility index (Phi) is 11.5. The van der Waals surface area contributed by atoms with Gasteiger partial charge in [-0.3, -0.25) is 5.32 Å². The quantitative estimate of drug-likeness (QED) is 0.157. The highest BCUT2D eigenvalue weighted by molar-refractivity contribution is 7.25. The number of thiophene rings is 1. The maximum Gasteiger partial charge on any atom is 0.129 e. The van der Waals surface area contributed by atoms with Crippen LogP contribution in [0.2, 0.25) is 0 Å². The first-order valence-electron chi connectivity index (χ1n) is 26.7. The lowest BCUT2D eigenvalue weighted by Gasteiger charge is -2.45. The Morgan fingerprint density at radius 1 is 0.721 bits per heavy atom. The number of hydrogen-bond donors (Lipinski definition) is 1. The van der Waals surface area contributed by atoms with E-state index in [2.05, 4.69) is 155 Å². The predicted octanol–water partition coefficient (Wildman–Crippen LogP) is 16.0. The van der Waals surface area contributed by atoms with Crippen molar-refractivity contribution in [3.63, 3.8) is 0 Å². The Labute approximate surface area is 408 Å². The number of aryl methyl sites for hydroxylation is 1. The fraction of sp³-hybridized carbons (Fsp3) is 0.413. The second-order valence-electron chi connectivity index (χ2n) is 21.6. The van der Waals surface area contributed by atoms with E-state index in [9.17, 15) is 0 Å². The van der Waals surface area contributed by atoms with Gasteiger partial charge in [-0.1, -0.05) is 140 Å². The lowest BCUT2D eigenvalue weighted by molar-refractivity contribution is 0.253. The molecule has 1 saturated carbocycles. The summed E-state index contributed by atoms with van der Waals surface area (Å²) in [6.45, 7) is 0. The van der Waals surface area contributed by atoms with Gasteiger partial charge in [-0.2, -0.15) is 0 Å². The average molecular weight is 913 g/mol. The molecule has 0 bridgehead atoms. The van der Waals surface area contributed by atoms with Crippen molar-refractivity contribution < 1.29 is 0 Å². The normalized spacial score (nSPS) is 28.8. The van der Waals surface area contributed by atoms with Crippen LogP contribution < -0.4 is 5.32 Å². The number of nitrogens with zero attached hydrogens (tertiary/aromatic N) is 3. The first-order valence-corrected chi connectivity index (χ1v) is 27.6. The largest absolute Gasteiger partial charge is 0.344 e. The Bertz CT molecular complexity index is 3040. The van der Waals surface area contributed by atoms with Crippen molar-refractivity contribution in [2.24, 2.45) is 34.6 Å². The van der Waals surface area contributed by atoms with E-state index in [0.717, 1.165) is 12.8 Å². The van der Waals surface area contributed by atoms with E-state index in [1.165, 1.54) is 155 Å².